The molecule has 1 unspecified atom stereocenters. The molecule has 1 aliphatic heterocycles. The number of methoxy groups -OCH3 is 1. The lowest BCUT2D eigenvalue weighted by Crippen LogP contribution is -2.32. The van der Waals surface area contributed by atoms with Gasteiger partial charge in [0, 0.05) is 30.1 Å². The quantitative estimate of drug-likeness (QED) is 0.790. The van der Waals surface area contributed by atoms with Crippen LogP contribution in [-0.4, -0.2) is 18.1 Å². The molecule has 0 aliphatic carbocycles. The van der Waals surface area contributed by atoms with Crippen molar-refractivity contribution in [1.82, 2.24) is 10.3 Å². The van der Waals surface area contributed by atoms with E-state index in [2.05, 4.69) is 36.3 Å². The molecule has 3 rings (SSSR count). The first-order valence-corrected chi connectivity index (χ1v) is 6.10. The zero-order valence-electron chi connectivity index (χ0n) is 10.6. The average molecular weight is 230 g/mol. The zero-order chi connectivity index (χ0) is 12.0. The molecule has 0 radical (unpaired) electrons. The van der Waals surface area contributed by atoms with Gasteiger partial charge in [-0.25, -0.2) is 0 Å². The lowest BCUT2D eigenvalue weighted by atomic mass is 10.0. The summed E-state index contributed by atoms with van der Waals surface area (Å²) in [6.07, 6.45) is 1.06. The van der Waals surface area contributed by atoms with Crippen LogP contribution in [0.15, 0.2) is 12.1 Å². The van der Waals surface area contributed by atoms with Crippen molar-refractivity contribution in [1.29, 1.82) is 0 Å². The first-order valence-electron chi connectivity index (χ1n) is 6.10. The predicted octanol–water partition coefficient (Wildman–Crippen LogP) is 2.52. The number of hydrogen-bond acceptors (Lipinski definition) is 2. The second-order valence-electron chi connectivity index (χ2n) is 4.96. The molecular formula is C14H18N2O. The number of aromatic amines is 1. The highest BCUT2D eigenvalue weighted by atomic mass is 16.5. The number of aryl methyl sites for hydroxylation is 1. The minimum atomic E-state index is 0.544. The van der Waals surface area contributed by atoms with Gasteiger partial charge in [0.1, 0.15) is 5.75 Å². The van der Waals surface area contributed by atoms with Gasteiger partial charge in [-0.05, 0) is 37.1 Å². The molecule has 1 atom stereocenters. The van der Waals surface area contributed by atoms with Crippen molar-refractivity contribution in [2.75, 3.05) is 7.11 Å². The molecule has 0 fully saturated rings. The third-order valence-electron chi connectivity index (χ3n) is 3.57. The fourth-order valence-electron chi connectivity index (χ4n) is 2.70. The number of aromatic nitrogens is 1. The molecule has 2 aromatic rings. The Morgan fingerprint density at radius 2 is 2.18 bits per heavy atom. The molecule has 0 bridgehead atoms. The molecule has 3 heteroatoms. The summed E-state index contributed by atoms with van der Waals surface area (Å²) in [5.74, 6) is 0.946. The van der Waals surface area contributed by atoms with Gasteiger partial charge in [-0.3, -0.25) is 0 Å². The summed E-state index contributed by atoms with van der Waals surface area (Å²) >= 11 is 0. The Morgan fingerprint density at radius 3 is 2.94 bits per heavy atom. The number of rotatable bonds is 1. The smallest absolute Gasteiger partial charge is 0.143 e. The second-order valence-corrected chi connectivity index (χ2v) is 4.96. The van der Waals surface area contributed by atoms with Crippen LogP contribution in [0, 0.1) is 6.92 Å². The fourth-order valence-corrected chi connectivity index (χ4v) is 2.70. The SMILES string of the molecule is COc1cc(C)cc2c3c([nH]c12)CC(C)NC3. The standard InChI is InChI=1S/C14H18N2O/c1-8-4-10-11-7-15-9(2)6-12(11)16-14(10)13(5-8)17-3/h4-5,9,15-16H,6-7H2,1-3H3. The van der Waals surface area contributed by atoms with Crippen molar-refractivity contribution in [3.63, 3.8) is 0 Å². The van der Waals surface area contributed by atoms with Gasteiger partial charge >= 0.3 is 0 Å². The van der Waals surface area contributed by atoms with E-state index in [9.17, 15) is 0 Å². The minimum Gasteiger partial charge on any atom is -0.495 e. The van der Waals surface area contributed by atoms with E-state index in [0.29, 0.717) is 6.04 Å². The van der Waals surface area contributed by atoms with Crippen LogP contribution in [0.2, 0.25) is 0 Å². The summed E-state index contributed by atoms with van der Waals surface area (Å²) in [6.45, 7) is 5.28. The molecule has 1 aromatic carbocycles. The van der Waals surface area contributed by atoms with Gasteiger partial charge in [-0.15, -0.1) is 0 Å². The Labute approximate surface area is 101 Å². The molecule has 1 aliphatic rings. The molecule has 0 saturated heterocycles. The summed E-state index contributed by atoms with van der Waals surface area (Å²) < 4.78 is 5.46. The fraction of sp³-hybridized carbons (Fsp3) is 0.429. The van der Waals surface area contributed by atoms with Gasteiger partial charge in [0.15, 0.2) is 0 Å². The van der Waals surface area contributed by atoms with Crippen LogP contribution in [0.3, 0.4) is 0 Å². The van der Waals surface area contributed by atoms with Crippen molar-refractivity contribution >= 4 is 10.9 Å². The van der Waals surface area contributed by atoms with Crippen LogP contribution in [0.5, 0.6) is 5.75 Å². The van der Waals surface area contributed by atoms with Crippen LogP contribution in [0.1, 0.15) is 23.7 Å². The van der Waals surface area contributed by atoms with E-state index >= 15 is 0 Å². The summed E-state index contributed by atoms with van der Waals surface area (Å²) in [5, 5.41) is 4.81. The normalized spacial score (nSPS) is 19.4. The number of hydrogen-bond donors (Lipinski definition) is 2. The Kier molecular flexibility index (Phi) is 2.37. The molecule has 1 aromatic heterocycles. The maximum atomic E-state index is 5.46. The van der Waals surface area contributed by atoms with Gasteiger partial charge in [-0.1, -0.05) is 0 Å². The van der Waals surface area contributed by atoms with Crippen LogP contribution >= 0.6 is 0 Å². The van der Waals surface area contributed by atoms with E-state index < -0.39 is 0 Å². The molecule has 2 N–H and O–H groups in total. The second kappa shape index (κ2) is 3.77. The highest BCUT2D eigenvalue weighted by Gasteiger charge is 2.20. The maximum absolute atomic E-state index is 5.46. The summed E-state index contributed by atoms with van der Waals surface area (Å²) in [7, 11) is 1.73. The highest BCUT2D eigenvalue weighted by molar-refractivity contribution is 5.90. The third kappa shape index (κ3) is 1.62. The Balaban J connectivity index is 2.27. The van der Waals surface area contributed by atoms with Crippen LogP contribution in [0.25, 0.3) is 10.9 Å². The van der Waals surface area contributed by atoms with Crippen LogP contribution < -0.4 is 10.1 Å². The Hall–Kier alpha value is -1.48. The molecule has 17 heavy (non-hydrogen) atoms. The van der Waals surface area contributed by atoms with Crippen LogP contribution in [0.4, 0.5) is 0 Å². The Morgan fingerprint density at radius 1 is 1.35 bits per heavy atom. The minimum absolute atomic E-state index is 0.544. The van der Waals surface area contributed by atoms with Gasteiger partial charge in [0.05, 0.1) is 12.6 Å². The van der Waals surface area contributed by atoms with Gasteiger partial charge in [0.25, 0.3) is 0 Å². The van der Waals surface area contributed by atoms with Gasteiger partial charge < -0.3 is 15.0 Å². The number of ether oxygens (including phenoxy) is 1. The summed E-state index contributed by atoms with van der Waals surface area (Å²) in [6, 6.07) is 4.87. The van der Waals surface area contributed by atoms with Crippen molar-refractivity contribution in [3.05, 3.63) is 29.0 Å². The van der Waals surface area contributed by atoms with E-state index in [-0.39, 0.29) is 0 Å². The van der Waals surface area contributed by atoms with E-state index in [0.717, 1.165) is 24.2 Å². The Bertz CT molecular complexity index is 571. The molecule has 0 saturated carbocycles. The van der Waals surface area contributed by atoms with Crippen molar-refractivity contribution in [3.8, 4) is 5.75 Å². The van der Waals surface area contributed by atoms with E-state index in [1.807, 2.05) is 0 Å². The molecule has 0 spiro atoms. The van der Waals surface area contributed by atoms with Crippen LogP contribution in [-0.2, 0) is 13.0 Å². The first kappa shape index (κ1) is 10.7. The number of H-pyrrole nitrogens is 1. The van der Waals surface area contributed by atoms with Crippen molar-refractivity contribution < 1.29 is 4.74 Å². The molecule has 90 valence electrons. The molecule has 0 amide bonds. The molecule has 2 heterocycles. The third-order valence-corrected chi connectivity index (χ3v) is 3.57. The van der Waals surface area contributed by atoms with E-state index in [1.165, 1.54) is 22.2 Å². The molecular weight excluding hydrogens is 212 g/mol. The topological polar surface area (TPSA) is 37.0 Å². The zero-order valence-corrected chi connectivity index (χ0v) is 10.6. The molecule has 3 nitrogen and oxygen atoms in total. The van der Waals surface area contributed by atoms with Gasteiger partial charge in [0.2, 0.25) is 0 Å². The van der Waals surface area contributed by atoms with E-state index in [1.54, 1.807) is 7.11 Å². The average Bonchev–Trinajstić information content (AvgIpc) is 2.65. The largest absolute Gasteiger partial charge is 0.495 e. The number of fused-ring (bicyclic) bond motifs is 3. The summed E-state index contributed by atoms with van der Waals surface area (Å²) in [5.41, 5.74) is 5.14. The van der Waals surface area contributed by atoms with E-state index in [4.69, 9.17) is 4.74 Å². The predicted molar refractivity (Wildman–Crippen MR) is 69.6 cm³/mol. The lowest BCUT2D eigenvalue weighted by Gasteiger charge is -2.20. The maximum Gasteiger partial charge on any atom is 0.143 e. The summed E-state index contributed by atoms with van der Waals surface area (Å²) in [4.78, 5) is 3.53. The number of nitrogens with one attached hydrogen (secondary N) is 2. The monoisotopic (exact) mass is 230 g/mol. The number of benzene rings is 1. The van der Waals surface area contributed by atoms with Gasteiger partial charge in [-0.2, -0.15) is 0 Å². The van der Waals surface area contributed by atoms with Crippen molar-refractivity contribution in [2.24, 2.45) is 0 Å². The lowest BCUT2D eigenvalue weighted by molar-refractivity contribution is 0.418. The van der Waals surface area contributed by atoms with Crippen molar-refractivity contribution in [2.45, 2.75) is 32.9 Å². The first-order chi connectivity index (χ1) is 8.19. The highest BCUT2D eigenvalue weighted by Crippen LogP contribution is 2.33.